The molecule has 5 rings (SSSR count). The van der Waals surface area contributed by atoms with Crippen LogP contribution < -0.4 is 5.56 Å². The molecule has 0 N–H and O–H groups in total. The van der Waals surface area contributed by atoms with Crippen molar-refractivity contribution in [3.05, 3.63) is 58.6 Å². The maximum Gasteiger partial charge on any atom is 0.282 e. The predicted octanol–water partition coefficient (Wildman–Crippen LogP) is 2.94. The summed E-state index contributed by atoms with van der Waals surface area (Å²) in [5, 5.41) is 4.58. The number of ether oxygens (including phenoxy) is 1. The summed E-state index contributed by atoms with van der Waals surface area (Å²) in [6.45, 7) is 2.91. The molecule has 4 aliphatic heterocycles. The van der Waals surface area contributed by atoms with E-state index in [1.807, 2.05) is 52.2 Å². The topological polar surface area (TPSA) is 69.4 Å². The van der Waals surface area contributed by atoms with Gasteiger partial charge in [-0.25, -0.2) is 0 Å². The standard InChI is InChI=1S/C23H26N4O3/c28-22(26-11-5-2-6-12-26)19-15-25(14-18-10-7-13-30-18)16-20-21(19)24-27(23(20)29)17-8-3-1-4-9-17/h1,3-4,8-9,15-16,18H,2,5-7,10-14H2. The molecule has 7 heteroatoms. The molecule has 1 unspecified atom stereocenters. The van der Waals surface area contributed by atoms with Crippen LogP contribution in [0, 0.1) is 0 Å². The van der Waals surface area contributed by atoms with Crippen LogP contribution in [0.3, 0.4) is 0 Å². The normalized spacial score (nSPS) is 19.5. The van der Waals surface area contributed by atoms with Gasteiger partial charge in [-0.15, -0.1) is 0 Å². The Balaban J connectivity index is 1.61. The van der Waals surface area contributed by atoms with Crippen LogP contribution in [0.1, 0.15) is 42.5 Å². The number of carbonyl (C=O) groups excluding carboxylic acids is 1. The first-order chi connectivity index (χ1) is 14.7. The predicted molar refractivity (Wildman–Crippen MR) is 113 cm³/mol. The number of fused-ring (bicyclic) bond motifs is 1. The summed E-state index contributed by atoms with van der Waals surface area (Å²) >= 11 is 0. The molecule has 4 aliphatic rings. The lowest BCUT2D eigenvalue weighted by Gasteiger charge is -2.27. The Hall–Kier alpha value is -2.93. The van der Waals surface area contributed by atoms with Gasteiger partial charge in [-0.3, -0.25) is 9.59 Å². The van der Waals surface area contributed by atoms with Crippen molar-refractivity contribution in [1.82, 2.24) is 19.2 Å². The molecule has 2 saturated heterocycles. The molecule has 0 saturated carbocycles. The molecule has 1 aromatic carbocycles. The van der Waals surface area contributed by atoms with Crippen LogP contribution in [-0.4, -0.2) is 51.0 Å². The van der Waals surface area contributed by atoms with Crippen LogP contribution in [-0.2, 0) is 11.3 Å². The number of aromatic nitrogens is 3. The minimum absolute atomic E-state index is 0.0425. The first kappa shape index (κ1) is 19.1. The van der Waals surface area contributed by atoms with E-state index in [9.17, 15) is 9.59 Å². The zero-order valence-corrected chi connectivity index (χ0v) is 17.0. The molecule has 2 fully saturated rings. The van der Waals surface area contributed by atoms with Gasteiger partial charge in [-0.05, 0) is 44.2 Å². The fourth-order valence-electron chi connectivity index (χ4n) is 4.46. The van der Waals surface area contributed by atoms with Gasteiger partial charge < -0.3 is 14.2 Å². The Morgan fingerprint density at radius 3 is 2.60 bits per heavy atom. The number of nitrogens with zero attached hydrogens (tertiary/aromatic N) is 4. The summed E-state index contributed by atoms with van der Waals surface area (Å²) in [6, 6.07) is 9.34. The molecule has 0 radical (unpaired) electrons. The average Bonchev–Trinajstić information content (AvgIpc) is 3.42. The molecular weight excluding hydrogens is 380 g/mol. The third-order valence-corrected chi connectivity index (χ3v) is 6.04. The van der Waals surface area contributed by atoms with Gasteiger partial charge in [-0.1, -0.05) is 18.2 Å². The molecule has 1 amide bonds. The Morgan fingerprint density at radius 1 is 1.07 bits per heavy atom. The summed E-state index contributed by atoms with van der Waals surface area (Å²) in [5.41, 5.74) is 1.94. The lowest BCUT2D eigenvalue weighted by molar-refractivity contribution is 0.0721. The number of para-hydroxylation sites is 1. The molecule has 0 aromatic heterocycles. The number of benzene rings is 1. The number of likely N-dealkylation sites (tertiary alicyclic amines) is 1. The summed E-state index contributed by atoms with van der Waals surface area (Å²) in [5.74, 6) is -0.0425. The van der Waals surface area contributed by atoms with Gasteiger partial charge in [0.15, 0.2) is 0 Å². The molecule has 0 bridgehead atoms. The average molecular weight is 406 g/mol. The maximum absolute atomic E-state index is 13.4. The van der Waals surface area contributed by atoms with Crippen molar-refractivity contribution in [3.63, 3.8) is 0 Å². The molecular formula is C23H26N4O3. The number of amides is 1. The maximum atomic E-state index is 13.4. The van der Waals surface area contributed by atoms with E-state index < -0.39 is 0 Å². The van der Waals surface area contributed by atoms with E-state index in [2.05, 4.69) is 5.10 Å². The third kappa shape index (κ3) is 3.54. The zero-order valence-electron chi connectivity index (χ0n) is 17.0. The van der Waals surface area contributed by atoms with Crippen molar-refractivity contribution in [1.29, 1.82) is 0 Å². The number of piperidine rings is 1. The summed E-state index contributed by atoms with van der Waals surface area (Å²) in [4.78, 5) is 28.5. The molecule has 1 atom stereocenters. The van der Waals surface area contributed by atoms with E-state index in [1.54, 1.807) is 0 Å². The number of rotatable bonds is 4. The Bertz CT molecular complexity index is 1060. The van der Waals surface area contributed by atoms with Crippen molar-refractivity contribution < 1.29 is 9.53 Å². The Labute approximate surface area is 175 Å². The second kappa shape index (κ2) is 8.07. The van der Waals surface area contributed by atoms with Crippen molar-refractivity contribution in [3.8, 4) is 16.9 Å². The van der Waals surface area contributed by atoms with E-state index >= 15 is 0 Å². The third-order valence-electron chi connectivity index (χ3n) is 6.04. The lowest BCUT2D eigenvalue weighted by atomic mass is 10.1. The molecule has 30 heavy (non-hydrogen) atoms. The Morgan fingerprint density at radius 2 is 1.87 bits per heavy atom. The van der Waals surface area contributed by atoms with Crippen LogP contribution >= 0.6 is 0 Å². The summed E-state index contributed by atoms with van der Waals surface area (Å²) < 4.78 is 9.11. The lowest BCUT2D eigenvalue weighted by Crippen LogP contribution is -2.36. The van der Waals surface area contributed by atoms with Gasteiger partial charge in [0, 0.05) is 38.6 Å². The molecule has 7 nitrogen and oxygen atoms in total. The summed E-state index contributed by atoms with van der Waals surface area (Å²) in [6.07, 6.45) is 9.01. The minimum atomic E-state index is -0.203. The summed E-state index contributed by atoms with van der Waals surface area (Å²) in [7, 11) is 0. The zero-order chi connectivity index (χ0) is 20.5. The second-order valence-corrected chi connectivity index (χ2v) is 8.17. The van der Waals surface area contributed by atoms with Crippen molar-refractivity contribution in [2.45, 2.75) is 44.8 Å². The molecule has 4 heterocycles. The van der Waals surface area contributed by atoms with E-state index in [4.69, 9.17) is 4.74 Å². The van der Waals surface area contributed by atoms with Crippen LogP contribution in [0.4, 0.5) is 0 Å². The highest BCUT2D eigenvalue weighted by Crippen LogP contribution is 2.26. The van der Waals surface area contributed by atoms with Crippen molar-refractivity contribution >= 4 is 5.91 Å². The number of hydrogen-bond acceptors (Lipinski definition) is 4. The van der Waals surface area contributed by atoms with E-state index in [1.165, 1.54) is 4.68 Å². The van der Waals surface area contributed by atoms with Crippen LogP contribution in [0.15, 0.2) is 47.5 Å². The monoisotopic (exact) mass is 406 g/mol. The largest absolute Gasteiger partial charge is 0.376 e. The first-order valence-corrected chi connectivity index (χ1v) is 10.8. The van der Waals surface area contributed by atoms with Gasteiger partial charge in [-0.2, -0.15) is 9.78 Å². The molecule has 1 aromatic rings. The van der Waals surface area contributed by atoms with Crippen molar-refractivity contribution in [2.75, 3.05) is 19.7 Å². The van der Waals surface area contributed by atoms with Gasteiger partial charge >= 0.3 is 0 Å². The van der Waals surface area contributed by atoms with E-state index in [0.29, 0.717) is 29.1 Å². The SMILES string of the molecule is O=C(c1cn(CC2CCCO2)cc2c(=O)n(-c3ccccc3)nc1-2)N1CCCCC1. The highest BCUT2D eigenvalue weighted by molar-refractivity contribution is 6.00. The molecule has 0 spiro atoms. The van der Waals surface area contributed by atoms with Crippen LogP contribution in [0.2, 0.25) is 0 Å². The van der Waals surface area contributed by atoms with Crippen LogP contribution in [0.25, 0.3) is 16.9 Å². The number of hydrogen-bond donors (Lipinski definition) is 0. The van der Waals surface area contributed by atoms with Gasteiger partial charge in [0.1, 0.15) is 5.69 Å². The van der Waals surface area contributed by atoms with Crippen LogP contribution in [0.5, 0.6) is 0 Å². The van der Waals surface area contributed by atoms with E-state index in [0.717, 1.165) is 51.8 Å². The van der Waals surface area contributed by atoms with Gasteiger partial charge in [0.05, 0.1) is 22.9 Å². The smallest absolute Gasteiger partial charge is 0.282 e. The number of pyridine rings is 1. The number of carbonyl (C=O) groups is 1. The van der Waals surface area contributed by atoms with Gasteiger partial charge in [0.25, 0.3) is 11.5 Å². The van der Waals surface area contributed by atoms with Crippen molar-refractivity contribution in [2.24, 2.45) is 0 Å². The molecule has 0 aliphatic carbocycles. The fourth-order valence-corrected chi connectivity index (χ4v) is 4.46. The first-order valence-electron chi connectivity index (χ1n) is 10.8. The highest BCUT2D eigenvalue weighted by Gasteiger charge is 2.28. The minimum Gasteiger partial charge on any atom is -0.376 e. The Kier molecular flexibility index (Phi) is 5.12. The second-order valence-electron chi connectivity index (χ2n) is 8.17. The van der Waals surface area contributed by atoms with Gasteiger partial charge in [0.2, 0.25) is 0 Å². The molecule has 156 valence electrons. The highest BCUT2D eigenvalue weighted by atomic mass is 16.5. The quantitative estimate of drug-likeness (QED) is 0.668. The van der Waals surface area contributed by atoms with E-state index in [-0.39, 0.29) is 17.6 Å². The fraction of sp³-hybridized carbons (Fsp3) is 0.435.